The van der Waals surface area contributed by atoms with Crippen molar-refractivity contribution in [3.05, 3.63) is 0 Å². The van der Waals surface area contributed by atoms with E-state index in [0.29, 0.717) is 39.4 Å². The Hall–Kier alpha value is -1.31. The van der Waals surface area contributed by atoms with E-state index in [1.165, 1.54) is 0 Å². The highest BCUT2D eigenvalue weighted by Crippen LogP contribution is 2.21. The van der Waals surface area contributed by atoms with Gasteiger partial charge in [-0.3, -0.25) is 14.4 Å². The number of hydrogen-bond acceptors (Lipinski definition) is 6. The third kappa shape index (κ3) is 14.3. The molecule has 0 bridgehead atoms. The summed E-state index contributed by atoms with van der Waals surface area (Å²) in [4.78, 5) is 37.2. The Kier molecular flexibility index (Phi) is 14.0. The molecule has 29 heavy (non-hydrogen) atoms. The lowest BCUT2D eigenvalue weighted by molar-refractivity contribution is -0.133. The van der Waals surface area contributed by atoms with E-state index in [9.17, 15) is 14.4 Å². The fourth-order valence-electron chi connectivity index (χ4n) is 2.69. The van der Waals surface area contributed by atoms with Gasteiger partial charge in [0.1, 0.15) is 5.78 Å². The number of ketones is 2. The van der Waals surface area contributed by atoms with E-state index < -0.39 is 12.0 Å². The summed E-state index contributed by atoms with van der Waals surface area (Å²) in [5.41, 5.74) is 5.40. The third-order valence-corrected chi connectivity index (χ3v) is 4.71. The predicted octanol–water partition coefficient (Wildman–Crippen LogP) is 2.50. The number of carbonyl (C=O) groups excluding carboxylic acids is 3. The Morgan fingerprint density at radius 3 is 2.03 bits per heavy atom. The number of rotatable bonds is 16. The lowest BCUT2D eigenvalue weighted by Crippen LogP contribution is -2.43. The predicted molar refractivity (Wildman–Crippen MR) is 115 cm³/mol. The lowest BCUT2D eigenvalue weighted by Gasteiger charge is -2.23. The van der Waals surface area contributed by atoms with E-state index in [2.05, 4.69) is 26.1 Å². The van der Waals surface area contributed by atoms with Crippen molar-refractivity contribution in [1.29, 1.82) is 0 Å². The van der Waals surface area contributed by atoms with Crippen LogP contribution in [0.1, 0.15) is 67.2 Å². The molecular weight excluding hydrogens is 372 g/mol. The quantitative estimate of drug-likeness (QED) is 0.376. The summed E-state index contributed by atoms with van der Waals surface area (Å²) in [5.74, 6) is -0.684. The van der Waals surface area contributed by atoms with Crippen LogP contribution < -0.4 is 11.1 Å². The number of carbonyl (C=O) groups is 3. The zero-order valence-electron chi connectivity index (χ0n) is 19.2. The summed E-state index contributed by atoms with van der Waals surface area (Å²) in [7, 11) is 0. The Balaban J connectivity index is 4.38. The molecule has 2 atom stereocenters. The Bertz CT molecular complexity index is 500. The van der Waals surface area contributed by atoms with E-state index >= 15 is 0 Å². The molecule has 7 nitrogen and oxygen atoms in total. The van der Waals surface area contributed by atoms with E-state index in [1.807, 2.05) is 13.8 Å². The second-order valence-electron chi connectivity index (χ2n) is 9.11. The maximum atomic E-state index is 12.6. The van der Waals surface area contributed by atoms with E-state index in [1.54, 1.807) is 6.92 Å². The molecule has 0 saturated carbocycles. The molecule has 0 heterocycles. The minimum Gasteiger partial charge on any atom is -0.379 e. The van der Waals surface area contributed by atoms with Gasteiger partial charge in [0.2, 0.25) is 5.91 Å². The van der Waals surface area contributed by atoms with Gasteiger partial charge in [-0.25, -0.2) is 0 Å². The average molecular weight is 415 g/mol. The van der Waals surface area contributed by atoms with Crippen molar-refractivity contribution in [2.75, 3.05) is 33.0 Å². The van der Waals surface area contributed by atoms with Gasteiger partial charge in [-0.1, -0.05) is 34.6 Å². The van der Waals surface area contributed by atoms with Crippen LogP contribution in [0.5, 0.6) is 0 Å². The van der Waals surface area contributed by atoms with Crippen molar-refractivity contribution in [3.63, 3.8) is 0 Å². The maximum Gasteiger partial charge on any atom is 0.224 e. The molecule has 170 valence electrons. The van der Waals surface area contributed by atoms with Gasteiger partial charge in [0.05, 0.1) is 32.5 Å². The second kappa shape index (κ2) is 14.6. The van der Waals surface area contributed by atoms with Crippen molar-refractivity contribution in [1.82, 2.24) is 5.32 Å². The van der Waals surface area contributed by atoms with Gasteiger partial charge in [-0.2, -0.15) is 0 Å². The zero-order valence-corrected chi connectivity index (χ0v) is 19.2. The summed E-state index contributed by atoms with van der Waals surface area (Å²) >= 11 is 0. The molecule has 0 aliphatic heterocycles. The first kappa shape index (κ1) is 27.7. The van der Waals surface area contributed by atoms with Crippen LogP contribution in [-0.2, 0) is 23.9 Å². The molecule has 7 heteroatoms. The number of hydrogen-bond donors (Lipinski definition) is 2. The summed E-state index contributed by atoms with van der Waals surface area (Å²) in [6.07, 6.45) is 1.62. The van der Waals surface area contributed by atoms with Crippen LogP contribution in [0, 0.1) is 17.3 Å². The van der Waals surface area contributed by atoms with Crippen molar-refractivity contribution >= 4 is 17.5 Å². The smallest absolute Gasteiger partial charge is 0.224 e. The Labute approximate surface area is 176 Å². The zero-order chi connectivity index (χ0) is 22.4. The molecule has 0 radical (unpaired) electrons. The number of Topliss-reactive ketones (excluding diaryl/α,β-unsaturated/α-hetero) is 2. The number of nitrogens with one attached hydrogen (secondary N) is 1. The van der Waals surface area contributed by atoms with Crippen molar-refractivity contribution < 1.29 is 23.9 Å². The van der Waals surface area contributed by atoms with Crippen LogP contribution in [0.25, 0.3) is 0 Å². The molecule has 1 amide bonds. The minimum absolute atomic E-state index is 0.00130. The van der Waals surface area contributed by atoms with Crippen LogP contribution in [0.15, 0.2) is 0 Å². The number of ether oxygens (including phenoxy) is 2. The van der Waals surface area contributed by atoms with Crippen LogP contribution in [0.4, 0.5) is 0 Å². The van der Waals surface area contributed by atoms with Crippen LogP contribution in [0.3, 0.4) is 0 Å². The molecule has 0 saturated heterocycles. The Morgan fingerprint density at radius 2 is 1.52 bits per heavy atom. The summed E-state index contributed by atoms with van der Waals surface area (Å²) < 4.78 is 10.6. The minimum atomic E-state index is -0.543. The van der Waals surface area contributed by atoms with Crippen LogP contribution >= 0.6 is 0 Å². The monoisotopic (exact) mass is 414 g/mol. The third-order valence-electron chi connectivity index (χ3n) is 4.71. The van der Waals surface area contributed by atoms with Crippen LogP contribution in [0.2, 0.25) is 0 Å². The SMILES string of the molecule is CC(C)[C@H](CC(=O)CCOCCOCCN)C(=O)N[C@@H](C)C(=O)CCC(C)(C)C. The maximum absolute atomic E-state index is 12.6. The Morgan fingerprint density at radius 1 is 0.931 bits per heavy atom. The summed E-state index contributed by atoms with van der Waals surface area (Å²) in [6.45, 7) is 13.9. The van der Waals surface area contributed by atoms with Gasteiger partial charge < -0.3 is 20.5 Å². The van der Waals surface area contributed by atoms with Gasteiger partial charge in [-0.05, 0) is 24.7 Å². The van der Waals surface area contributed by atoms with Crippen molar-refractivity contribution in [2.45, 2.75) is 73.3 Å². The average Bonchev–Trinajstić information content (AvgIpc) is 2.62. The fraction of sp³-hybridized carbons (Fsp3) is 0.864. The molecule has 0 aliphatic rings. The van der Waals surface area contributed by atoms with Gasteiger partial charge in [0.15, 0.2) is 5.78 Å². The highest BCUT2D eigenvalue weighted by atomic mass is 16.5. The molecule has 0 aliphatic carbocycles. The van der Waals surface area contributed by atoms with Crippen molar-refractivity contribution in [3.8, 4) is 0 Å². The molecule has 0 aromatic carbocycles. The molecule has 0 aromatic heterocycles. The summed E-state index contributed by atoms with van der Waals surface area (Å²) in [5, 5.41) is 2.80. The van der Waals surface area contributed by atoms with Gasteiger partial charge in [0.25, 0.3) is 0 Å². The molecular formula is C22H42N2O5. The first-order valence-electron chi connectivity index (χ1n) is 10.7. The van der Waals surface area contributed by atoms with Gasteiger partial charge >= 0.3 is 0 Å². The first-order valence-corrected chi connectivity index (χ1v) is 10.7. The van der Waals surface area contributed by atoms with E-state index in [4.69, 9.17) is 15.2 Å². The van der Waals surface area contributed by atoms with E-state index in [0.717, 1.165) is 6.42 Å². The summed E-state index contributed by atoms with van der Waals surface area (Å²) in [6, 6.07) is -0.543. The number of amides is 1. The second-order valence-corrected chi connectivity index (χ2v) is 9.11. The molecule has 0 spiro atoms. The molecule has 0 aromatic rings. The topological polar surface area (TPSA) is 108 Å². The van der Waals surface area contributed by atoms with Gasteiger partial charge in [-0.15, -0.1) is 0 Å². The van der Waals surface area contributed by atoms with E-state index in [-0.39, 0.29) is 41.6 Å². The van der Waals surface area contributed by atoms with Gasteiger partial charge in [0, 0.05) is 31.7 Å². The van der Waals surface area contributed by atoms with Crippen molar-refractivity contribution in [2.24, 2.45) is 23.0 Å². The molecule has 0 rings (SSSR count). The highest BCUT2D eigenvalue weighted by molar-refractivity contribution is 5.91. The fourth-order valence-corrected chi connectivity index (χ4v) is 2.69. The first-order chi connectivity index (χ1) is 13.5. The molecule has 0 unspecified atom stereocenters. The highest BCUT2D eigenvalue weighted by Gasteiger charge is 2.27. The largest absolute Gasteiger partial charge is 0.379 e. The molecule has 0 fully saturated rings. The van der Waals surface area contributed by atoms with Crippen LogP contribution in [-0.4, -0.2) is 56.5 Å². The number of nitrogens with two attached hydrogens (primary N) is 1. The molecule has 3 N–H and O–H groups in total. The standard InChI is InChI=1S/C22H42N2O5/c1-16(2)19(15-18(25)8-11-28-13-14-29-12-10-23)21(27)24-17(3)20(26)7-9-22(4,5)6/h16-17,19H,7-15,23H2,1-6H3,(H,24,27)/t17-,19-/m0/s1. The lowest BCUT2D eigenvalue weighted by atomic mass is 9.87. The normalized spacial score (nSPS) is 13.9.